The molecule has 0 aliphatic rings. The zero-order chi connectivity index (χ0) is 14.6. The number of rotatable bonds is 6. The van der Waals surface area contributed by atoms with Crippen molar-refractivity contribution in [2.24, 2.45) is 11.7 Å². The number of hydrogen-bond acceptors (Lipinski definition) is 4. The van der Waals surface area contributed by atoms with Gasteiger partial charge in [0, 0.05) is 23.9 Å². The lowest BCUT2D eigenvalue weighted by atomic mass is 10.0. The minimum absolute atomic E-state index is 0.144. The van der Waals surface area contributed by atoms with Crippen molar-refractivity contribution >= 4 is 5.91 Å². The second-order valence-corrected chi connectivity index (χ2v) is 5.05. The van der Waals surface area contributed by atoms with Gasteiger partial charge >= 0.3 is 0 Å². The molecule has 106 valence electrons. The smallest absolute Gasteiger partial charge is 0.234 e. The van der Waals surface area contributed by atoms with Crippen LogP contribution in [0.25, 0.3) is 0 Å². The fourth-order valence-corrected chi connectivity index (χ4v) is 2.12. The average molecular weight is 265 g/mol. The van der Waals surface area contributed by atoms with Crippen molar-refractivity contribution in [3.63, 3.8) is 0 Å². The van der Waals surface area contributed by atoms with Crippen LogP contribution in [0.3, 0.4) is 0 Å². The van der Waals surface area contributed by atoms with Crippen LogP contribution in [0.2, 0.25) is 0 Å². The van der Waals surface area contributed by atoms with E-state index in [1.54, 1.807) is 13.3 Å². The molecule has 0 aliphatic heterocycles. The summed E-state index contributed by atoms with van der Waals surface area (Å²) in [6, 6.07) is -0.353. The predicted molar refractivity (Wildman–Crippen MR) is 74.9 cm³/mol. The lowest BCUT2D eigenvalue weighted by molar-refractivity contribution is -0.121. The maximum Gasteiger partial charge on any atom is 0.234 e. The van der Waals surface area contributed by atoms with Crippen LogP contribution in [0.5, 0.6) is 5.75 Å². The highest BCUT2D eigenvalue weighted by molar-refractivity contribution is 5.80. The number of nitrogens with one attached hydrogen (secondary N) is 1. The van der Waals surface area contributed by atoms with E-state index in [-0.39, 0.29) is 17.9 Å². The van der Waals surface area contributed by atoms with Crippen molar-refractivity contribution in [1.29, 1.82) is 0 Å². The lowest BCUT2D eigenvalue weighted by Crippen LogP contribution is -2.44. The molecule has 1 heterocycles. The van der Waals surface area contributed by atoms with Crippen LogP contribution in [-0.4, -0.2) is 24.0 Å². The summed E-state index contributed by atoms with van der Waals surface area (Å²) in [4.78, 5) is 15.7. The van der Waals surface area contributed by atoms with E-state index in [4.69, 9.17) is 10.5 Å². The molecule has 0 saturated heterocycles. The number of amides is 1. The van der Waals surface area contributed by atoms with Crippen molar-refractivity contribution in [1.82, 2.24) is 10.3 Å². The summed E-state index contributed by atoms with van der Waals surface area (Å²) in [5, 5.41) is 3.15. The molecule has 0 aromatic carbocycles. The third-order valence-electron chi connectivity index (χ3n) is 3.21. The summed E-state index contributed by atoms with van der Waals surface area (Å²) >= 11 is 0. The van der Waals surface area contributed by atoms with Crippen LogP contribution in [-0.2, 0) is 11.3 Å². The highest BCUT2D eigenvalue weighted by Crippen LogP contribution is 2.23. The van der Waals surface area contributed by atoms with Gasteiger partial charge < -0.3 is 10.5 Å². The number of pyridine rings is 1. The Labute approximate surface area is 114 Å². The summed E-state index contributed by atoms with van der Waals surface area (Å²) < 4.78 is 5.36. The van der Waals surface area contributed by atoms with Crippen LogP contribution >= 0.6 is 0 Å². The summed E-state index contributed by atoms with van der Waals surface area (Å²) in [6.07, 6.45) is 1.78. The summed E-state index contributed by atoms with van der Waals surface area (Å²) in [5.41, 5.74) is 8.23. The largest absolute Gasteiger partial charge is 0.496 e. The molecule has 1 rings (SSSR count). The molecule has 0 fully saturated rings. The second kappa shape index (κ2) is 6.52. The number of nitrogens with two attached hydrogens (primary N) is 1. The Bertz CT molecular complexity index is 458. The Kier molecular flexibility index (Phi) is 5.30. The molecule has 0 radical (unpaired) electrons. The van der Waals surface area contributed by atoms with E-state index in [9.17, 15) is 4.79 Å². The number of aryl methyl sites for hydroxylation is 1. The first kappa shape index (κ1) is 15.4. The summed E-state index contributed by atoms with van der Waals surface area (Å²) in [7, 11) is 1.65. The van der Waals surface area contributed by atoms with Gasteiger partial charge in [-0.1, -0.05) is 13.8 Å². The third kappa shape index (κ3) is 3.67. The Balaban J connectivity index is 2.86. The zero-order valence-corrected chi connectivity index (χ0v) is 12.3. The first-order valence-electron chi connectivity index (χ1n) is 6.40. The van der Waals surface area contributed by atoms with E-state index in [2.05, 4.69) is 10.3 Å². The van der Waals surface area contributed by atoms with Gasteiger partial charge in [-0.15, -0.1) is 0 Å². The standard InChI is InChI=1S/C14H23N3O2/c1-8(2)12(14(15)18)17-7-11-10(4)13(19-5)9(3)6-16-11/h6,8,12,17H,7H2,1-5H3,(H2,15,18). The number of methoxy groups -OCH3 is 1. The molecular weight excluding hydrogens is 242 g/mol. The SMILES string of the molecule is COc1c(C)cnc(CNC(C(N)=O)C(C)C)c1C. The van der Waals surface area contributed by atoms with Crippen molar-refractivity contribution in [3.05, 3.63) is 23.0 Å². The van der Waals surface area contributed by atoms with Gasteiger partial charge in [0.1, 0.15) is 5.75 Å². The number of hydrogen-bond donors (Lipinski definition) is 2. The van der Waals surface area contributed by atoms with Crippen LogP contribution in [0.4, 0.5) is 0 Å². The van der Waals surface area contributed by atoms with Gasteiger partial charge in [0.2, 0.25) is 5.91 Å². The molecule has 0 aliphatic carbocycles. The molecule has 0 spiro atoms. The van der Waals surface area contributed by atoms with Crippen LogP contribution in [0.15, 0.2) is 6.20 Å². The molecule has 0 saturated carbocycles. The molecule has 19 heavy (non-hydrogen) atoms. The van der Waals surface area contributed by atoms with Gasteiger partial charge in [-0.05, 0) is 19.8 Å². The van der Waals surface area contributed by atoms with E-state index in [0.717, 1.165) is 22.6 Å². The van der Waals surface area contributed by atoms with Gasteiger partial charge in [-0.25, -0.2) is 0 Å². The Hall–Kier alpha value is -1.62. The molecule has 0 bridgehead atoms. The number of aromatic nitrogens is 1. The molecule has 1 amide bonds. The zero-order valence-electron chi connectivity index (χ0n) is 12.3. The molecule has 5 heteroatoms. The van der Waals surface area contributed by atoms with E-state index in [1.165, 1.54) is 0 Å². The average Bonchev–Trinajstić information content (AvgIpc) is 2.31. The number of ether oxygens (including phenoxy) is 1. The Morgan fingerprint density at radius 3 is 2.58 bits per heavy atom. The minimum atomic E-state index is -0.353. The normalized spacial score (nSPS) is 12.5. The highest BCUT2D eigenvalue weighted by atomic mass is 16.5. The quantitative estimate of drug-likeness (QED) is 0.813. The minimum Gasteiger partial charge on any atom is -0.496 e. The first-order chi connectivity index (χ1) is 8.88. The van der Waals surface area contributed by atoms with Gasteiger partial charge in [-0.3, -0.25) is 15.1 Å². The van der Waals surface area contributed by atoms with Crippen molar-refractivity contribution < 1.29 is 9.53 Å². The highest BCUT2D eigenvalue weighted by Gasteiger charge is 2.19. The molecule has 1 aromatic heterocycles. The fourth-order valence-electron chi connectivity index (χ4n) is 2.12. The number of carbonyl (C=O) groups excluding carboxylic acids is 1. The van der Waals surface area contributed by atoms with Gasteiger partial charge in [0.15, 0.2) is 0 Å². The topological polar surface area (TPSA) is 77.2 Å². The second-order valence-electron chi connectivity index (χ2n) is 5.05. The van der Waals surface area contributed by atoms with Gasteiger partial charge in [-0.2, -0.15) is 0 Å². The van der Waals surface area contributed by atoms with Crippen molar-refractivity contribution in [3.8, 4) is 5.75 Å². The van der Waals surface area contributed by atoms with Crippen LogP contribution < -0.4 is 15.8 Å². The third-order valence-corrected chi connectivity index (χ3v) is 3.21. The molecule has 3 N–H and O–H groups in total. The van der Waals surface area contributed by atoms with Crippen molar-refractivity contribution in [2.75, 3.05) is 7.11 Å². The molecule has 5 nitrogen and oxygen atoms in total. The van der Waals surface area contributed by atoms with E-state index >= 15 is 0 Å². The molecule has 1 aromatic rings. The summed E-state index contributed by atoms with van der Waals surface area (Å²) in [5.74, 6) is 0.642. The Morgan fingerprint density at radius 2 is 2.11 bits per heavy atom. The first-order valence-corrected chi connectivity index (χ1v) is 6.40. The van der Waals surface area contributed by atoms with Crippen molar-refractivity contribution in [2.45, 2.75) is 40.3 Å². The van der Waals surface area contributed by atoms with E-state index in [0.29, 0.717) is 6.54 Å². The maximum atomic E-state index is 11.3. The monoisotopic (exact) mass is 265 g/mol. The molecular formula is C14H23N3O2. The number of carbonyl (C=O) groups is 1. The molecule has 1 unspecified atom stereocenters. The Morgan fingerprint density at radius 1 is 1.47 bits per heavy atom. The van der Waals surface area contributed by atoms with Gasteiger partial charge in [0.05, 0.1) is 18.8 Å². The predicted octanol–water partition coefficient (Wildman–Crippen LogP) is 1.31. The number of primary amides is 1. The van der Waals surface area contributed by atoms with Crippen LogP contribution in [0.1, 0.15) is 30.7 Å². The van der Waals surface area contributed by atoms with Crippen LogP contribution in [0, 0.1) is 19.8 Å². The fraction of sp³-hybridized carbons (Fsp3) is 0.571. The maximum absolute atomic E-state index is 11.3. The van der Waals surface area contributed by atoms with E-state index in [1.807, 2.05) is 27.7 Å². The van der Waals surface area contributed by atoms with E-state index < -0.39 is 0 Å². The number of nitrogens with zero attached hydrogens (tertiary/aromatic N) is 1. The van der Waals surface area contributed by atoms with Gasteiger partial charge in [0.25, 0.3) is 0 Å². The molecule has 1 atom stereocenters. The summed E-state index contributed by atoms with van der Waals surface area (Å²) in [6.45, 7) is 8.33. The lowest BCUT2D eigenvalue weighted by Gasteiger charge is -2.20.